The monoisotopic (exact) mass is 455 g/mol. The summed E-state index contributed by atoms with van der Waals surface area (Å²) in [5.41, 5.74) is 8.71. The molecular formula is C25H25N7O2. The second-order valence-corrected chi connectivity index (χ2v) is 8.45. The lowest BCUT2D eigenvalue weighted by molar-refractivity contribution is -0.131. The Balaban J connectivity index is 1.44. The number of rotatable bonds is 6. The lowest BCUT2D eigenvalue weighted by Crippen LogP contribution is -2.38. The smallest absolute Gasteiger partial charge is 0.237 e. The second kappa shape index (κ2) is 9.35. The molecule has 0 spiro atoms. The fourth-order valence-electron chi connectivity index (χ4n) is 4.65. The van der Waals surface area contributed by atoms with Crippen LogP contribution < -0.4 is 10.5 Å². The number of carbonyl (C=O) groups is 1. The van der Waals surface area contributed by atoms with Gasteiger partial charge in [-0.1, -0.05) is 24.3 Å². The van der Waals surface area contributed by atoms with Crippen molar-refractivity contribution < 1.29 is 9.53 Å². The van der Waals surface area contributed by atoms with Crippen LogP contribution in [0.1, 0.15) is 37.8 Å². The number of nitriles is 1. The maximum absolute atomic E-state index is 12.4. The fraction of sp³-hybridized carbons (Fsp3) is 0.320. The second-order valence-electron chi connectivity index (χ2n) is 8.45. The van der Waals surface area contributed by atoms with Crippen molar-refractivity contribution in [1.29, 1.82) is 5.26 Å². The summed E-state index contributed by atoms with van der Waals surface area (Å²) in [5, 5.41) is 14.5. The van der Waals surface area contributed by atoms with E-state index in [4.69, 9.17) is 20.8 Å². The highest BCUT2D eigenvalue weighted by atomic mass is 16.5. The molecule has 1 atom stereocenters. The fourth-order valence-corrected chi connectivity index (χ4v) is 4.65. The lowest BCUT2D eigenvalue weighted by atomic mass is 9.99. The summed E-state index contributed by atoms with van der Waals surface area (Å²) in [6, 6.07) is 11.6. The van der Waals surface area contributed by atoms with Crippen molar-refractivity contribution in [3.05, 3.63) is 60.3 Å². The minimum Gasteiger partial charge on any atom is -0.462 e. The number of hydrogen-bond acceptors (Lipinski definition) is 7. The number of benzene rings is 1. The number of nitrogens with zero attached hydrogens (tertiary/aromatic N) is 6. The third kappa shape index (κ3) is 4.22. The summed E-state index contributed by atoms with van der Waals surface area (Å²) >= 11 is 0. The average Bonchev–Trinajstić information content (AvgIpc) is 3.47. The molecule has 2 aliphatic rings. The highest BCUT2D eigenvalue weighted by Crippen LogP contribution is 2.34. The van der Waals surface area contributed by atoms with E-state index in [9.17, 15) is 4.79 Å². The van der Waals surface area contributed by atoms with Gasteiger partial charge in [-0.25, -0.2) is 14.6 Å². The zero-order valence-electron chi connectivity index (χ0n) is 18.7. The summed E-state index contributed by atoms with van der Waals surface area (Å²) < 4.78 is 7.81. The number of carbonyl (C=O) groups excluding carboxylic acids is 1. The molecule has 1 amide bonds. The van der Waals surface area contributed by atoms with Gasteiger partial charge in [0.2, 0.25) is 5.91 Å². The van der Waals surface area contributed by atoms with Crippen molar-refractivity contribution in [2.24, 2.45) is 0 Å². The van der Waals surface area contributed by atoms with Gasteiger partial charge in [0.15, 0.2) is 5.65 Å². The highest BCUT2D eigenvalue weighted by Gasteiger charge is 2.30. The van der Waals surface area contributed by atoms with Gasteiger partial charge >= 0.3 is 0 Å². The zero-order valence-corrected chi connectivity index (χ0v) is 18.7. The molecule has 2 N–H and O–H groups in total. The lowest BCUT2D eigenvalue weighted by Gasteiger charge is -2.23. The molecule has 9 heteroatoms. The number of amides is 1. The number of likely N-dealkylation sites (tertiary alicyclic amines) is 1. The molecule has 5 rings (SSSR count). The van der Waals surface area contributed by atoms with Crippen LogP contribution in [0.3, 0.4) is 0 Å². The molecule has 1 aliphatic heterocycles. The summed E-state index contributed by atoms with van der Waals surface area (Å²) in [7, 11) is 0. The number of ether oxygens (including phenoxy) is 1. The number of allylic oxidation sites excluding steroid dienone is 4. The molecule has 0 radical (unpaired) electrons. The van der Waals surface area contributed by atoms with E-state index in [1.54, 1.807) is 4.90 Å². The van der Waals surface area contributed by atoms with Crippen molar-refractivity contribution in [2.45, 2.75) is 44.7 Å². The van der Waals surface area contributed by atoms with Crippen LogP contribution in [0.5, 0.6) is 5.75 Å². The van der Waals surface area contributed by atoms with Crippen LogP contribution in [-0.2, 0) is 11.3 Å². The van der Waals surface area contributed by atoms with Crippen molar-refractivity contribution in [3.63, 3.8) is 0 Å². The maximum atomic E-state index is 12.4. The Morgan fingerprint density at radius 3 is 2.82 bits per heavy atom. The minimum absolute atomic E-state index is 0.0286. The highest BCUT2D eigenvalue weighted by molar-refractivity contribution is 5.96. The van der Waals surface area contributed by atoms with Crippen LogP contribution in [0.4, 0.5) is 5.82 Å². The van der Waals surface area contributed by atoms with Crippen molar-refractivity contribution in [1.82, 2.24) is 24.6 Å². The third-order valence-electron chi connectivity index (χ3n) is 6.28. The molecule has 2 aromatic heterocycles. The molecule has 9 nitrogen and oxygen atoms in total. The predicted molar refractivity (Wildman–Crippen MR) is 127 cm³/mol. The number of para-hydroxylation sites is 1. The SMILES string of the molecule is N#CCC(=O)N1CCC[C@@H]1Cn1nc(C2=CC=C(Oc3ccccc3)CC2)c2c(N)ncnc21. The third-order valence-corrected chi connectivity index (χ3v) is 6.28. The predicted octanol–water partition coefficient (Wildman–Crippen LogP) is 3.45. The standard InChI is InChI=1S/C25H25N7O2/c26-13-12-21(33)31-14-4-5-18(31)15-32-25-22(24(27)28-16-29-25)23(30-32)17-8-10-20(11-9-17)34-19-6-2-1-3-7-19/h1-3,6-8,10,16,18H,4-5,9,11-12,14-15H2,(H2,27,28,29)/t18-/m1/s1. The van der Waals surface area contributed by atoms with Gasteiger partial charge in [0.05, 0.1) is 24.0 Å². The first-order chi connectivity index (χ1) is 16.6. The van der Waals surface area contributed by atoms with Gasteiger partial charge in [0, 0.05) is 13.0 Å². The quantitative estimate of drug-likeness (QED) is 0.604. The molecular weight excluding hydrogens is 430 g/mol. The van der Waals surface area contributed by atoms with E-state index >= 15 is 0 Å². The van der Waals surface area contributed by atoms with E-state index in [1.807, 2.05) is 53.2 Å². The average molecular weight is 456 g/mol. The number of fused-ring (bicyclic) bond motifs is 1. The number of hydrogen-bond donors (Lipinski definition) is 1. The van der Waals surface area contributed by atoms with E-state index < -0.39 is 0 Å². The maximum Gasteiger partial charge on any atom is 0.237 e. The summed E-state index contributed by atoms with van der Waals surface area (Å²) in [4.78, 5) is 22.8. The van der Waals surface area contributed by atoms with Gasteiger partial charge in [-0.2, -0.15) is 10.4 Å². The van der Waals surface area contributed by atoms with E-state index in [2.05, 4.69) is 9.97 Å². The van der Waals surface area contributed by atoms with E-state index in [-0.39, 0.29) is 18.4 Å². The first-order valence-corrected chi connectivity index (χ1v) is 11.4. The van der Waals surface area contributed by atoms with Gasteiger partial charge in [0.1, 0.15) is 35.8 Å². The molecule has 1 aliphatic carbocycles. The van der Waals surface area contributed by atoms with Gasteiger partial charge in [0.25, 0.3) is 0 Å². The van der Waals surface area contributed by atoms with E-state index in [1.165, 1.54) is 6.33 Å². The first-order valence-electron chi connectivity index (χ1n) is 11.4. The zero-order chi connectivity index (χ0) is 23.5. The van der Waals surface area contributed by atoms with E-state index in [0.717, 1.165) is 53.8 Å². The molecule has 1 fully saturated rings. The van der Waals surface area contributed by atoms with Crippen LogP contribution in [0.25, 0.3) is 16.6 Å². The van der Waals surface area contributed by atoms with Gasteiger partial charge in [-0.15, -0.1) is 0 Å². The van der Waals surface area contributed by atoms with Gasteiger partial charge < -0.3 is 15.4 Å². The summed E-state index contributed by atoms with van der Waals surface area (Å²) in [6.07, 6.45) is 8.56. The van der Waals surface area contributed by atoms with Gasteiger partial charge in [-0.05, 0) is 43.0 Å². The Morgan fingerprint density at radius 2 is 2.06 bits per heavy atom. The van der Waals surface area contributed by atoms with E-state index in [0.29, 0.717) is 24.6 Å². The van der Waals surface area contributed by atoms with Crippen molar-refractivity contribution in [2.75, 3.05) is 12.3 Å². The first kappa shape index (κ1) is 21.6. The Labute approximate surface area is 197 Å². The van der Waals surface area contributed by atoms with Crippen LogP contribution >= 0.6 is 0 Å². The Hall–Kier alpha value is -4.19. The van der Waals surface area contributed by atoms with Crippen molar-refractivity contribution >= 4 is 28.3 Å². The minimum atomic E-state index is -0.137. The number of nitrogen functional groups attached to an aromatic ring is 1. The topological polar surface area (TPSA) is 123 Å². The Kier molecular flexibility index (Phi) is 5.95. The number of anilines is 1. The van der Waals surface area contributed by atoms with Crippen molar-refractivity contribution in [3.8, 4) is 11.8 Å². The molecule has 0 saturated carbocycles. The summed E-state index contributed by atoms with van der Waals surface area (Å²) in [6.45, 7) is 1.16. The molecule has 0 bridgehead atoms. The van der Waals surface area contributed by atoms with Crippen LogP contribution in [0.2, 0.25) is 0 Å². The summed E-state index contributed by atoms with van der Waals surface area (Å²) in [5.74, 6) is 1.94. The largest absolute Gasteiger partial charge is 0.462 e. The number of aromatic nitrogens is 4. The van der Waals surface area contributed by atoms with Crippen LogP contribution in [0, 0.1) is 11.3 Å². The number of nitrogens with two attached hydrogens (primary N) is 1. The van der Waals surface area contributed by atoms with Crippen LogP contribution in [-0.4, -0.2) is 43.1 Å². The Morgan fingerprint density at radius 1 is 1.21 bits per heavy atom. The van der Waals surface area contributed by atoms with Crippen LogP contribution in [0.15, 0.2) is 54.6 Å². The molecule has 172 valence electrons. The normalized spacial score (nSPS) is 17.9. The molecule has 3 aromatic rings. The molecule has 1 aromatic carbocycles. The molecule has 1 saturated heterocycles. The molecule has 34 heavy (non-hydrogen) atoms. The molecule has 0 unspecified atom stereocenters. The van der Waals surface area contributed by atoms with Gasteiger partial charge in [-0.3, -0.25) is 4.79 Å². The molecule has 3 heterocycles. The Bertz CT molecular complexity index is 1320.